The van der Waals surface area contributed by atoms with Crippen molar-refractivity contribution in [2.45, 2.75) is 6.92 Å². The van der Waals surface area contributed by atoms with E-state index in [9.17, 15) is 4.39 Å². The molecule has 0 amide bonds. The predicted molar refractivity (Wildman–Crippen MR) is 186 cm³/mol. The van der Waals surface area contributed by atoms with Crippen LogP contribution in [-0.2, 0) is 0 Å². The number of nitrogens with one attached hydrogen (secondary N) is 1. The molecule has 0 aliphatic carbocycles. The van der Waals surface area contributed by atoms with Gasteiger partial charge in [0, 0.05) is 23.0 Å². The number of halogens is 1. The quantitative estimate of drug-likeness (QED) is 0.200. The lowest BCUT2D eigenvalue weighted by atomic mass is 9.96. The van der Waals surface area contributed by atoms with E-state index in [0.29, 0.717) is 0 Å². The Morgan fingerprint density at radius 2 is 1.55 bits per heavy atom. The highest BCUT2D eigenvalue weighted by Crippen LogP contribution is 2.35. The minimum absolute atomic E-state index is 0.244. The lowest BCUT2D eigenvalue weighted by molar-refractivity contribution is 0.628. The van der Waals surface area contributed by atoms with Gasteiger partial charge in [-0.05, 0) is 119 Å². The maximum atomic E-state index is 13.8. The maximum absolute atomic E-state index is 13.8. The Balaban J connectivity index is 1.50. The molecule has 0 atom stereocenters. The SMILES string of the molecule is C=C/C=C(\C=C/C)C1=C/c2cc(-c3ccc4c(c3)cc(-c3ccc(F)cc3)n4-c3ccccc3)ccc2N\C=C\C=C/C=C\1. The summed E-state index contributed by atoms with van der Waals surface area (Å²) in [5.41, 5.74) is 10.6. The Bertz CT molecular complexity index is 2000. The van der Waals surface area contributed by atoms with E-state index in [-0.39, 0.29) is 5.82 Å². The molecule has 1 N–H and O–H groups in total. The molecule has 44 heavy (non-hydrogen) atoms. The van der Waals surface area contributed by atoms with Gasteiger partial charge in [-0.1, -0.05) is 85.5 Å². The summed E-state index contributed by atoms with van der Waals surface area (Å²) >= 11 is 0. The van der Waals surface area contributed by atoms with E-state index in [0.717, 1.165) is 61.4 Å². The number of allylic oxidation sites excluding steroid dienone is 11. The van der Waals surface area contributed by atoms with Crippen LogP contribution in [0, 0.1) is 5.82 Å². The summed E-state index contributed by atoms with van der Waals surface area (Å²) in [5.74, 6) is -0.244. The molecule has 0 spiro atoms. The normalized spacial score (nSPS) is 16.8. The molecule has 0 bridgehead atoms. The largest absolute Gasteiger partial charge is 0.361 e. The second-order valence-electron chi connectivity index (χ2n) is 10.5. The first kappa shape index (κ1) is 28.4. The number of benzene rings is 4. The molecule has 214 valence electrons. The number of rotatable bonds is 6. The van der Waals surface area contributed by atoms with Crippen molar-refractivity contribution in [3.63, 3.8) is 0 Å². The van der Waals surface area contributed by atoms with Crippen LogP contribution in [0.4, 0.5) is 10.1 Å². The molecule has 0 fully saturated rings. The molecule has 2 nitrogen and oxygen atoms in total. The fourth-order valence-corrected chi connectivity index (χ4v) is 5.51. The monoisotopic (exact) mass is 572 g/mol. The number of nitrogens with zero attached hydrogens (tertiary/aromatic N) is 1. The highest BCUT2D eigenvalue weighted by Gasteiger charge is 2.14. The Morgan fingerprint density at radius 1 is 0.795 bits per heavy atom. The Kier molecular flexibility index (Phi) is 8.47. The molecule has 0 unspecified atom stereocenters. The molecule has 1 aromatic heterocycles. The first-order valence-electron chi connectivity index (χ1n) is 14.7. The summed E-state index contributed by atoms with van der Waals surface area (Å²) in [6, 6.07) is 32.3. The van der Waals surface area contributed by atoms with Gasteiger partial charge in [-0.2, -0.15) is 0 Å². The van der Waals surface area contributed by atoms with Crippen LogP contribution in [0.25, 0.3) is 45.1 Å². The van der Waals surface area contributed by atoms with Gasteiger partial charge in [-0.25, -0.2) is 4.39 Å². The van der Waals surface area contributed by atoms with Crippen LogP contribution >= 0.6 is 0 Å². The van der Waals surface area contributed by atoms with Crippen molar-refractivity contribution in [3.05, 3.63) is 187 Å². The highest BCUT2D eigenvalue weighted by atomic mass is 19.1. The van der Waals surface area contributed by atoms with Crippen molar-refractivity contribution in [1.29, 1.82) is 0 Å². The van der Waals surface area contributed by atoms with Crippen molar-refractivity contribution >= 4 is 22.7 Å². The molecule has 2 heterocycles. The van der Waals surface area contributed by atoms with E-state index >= 15 is 0 Å². The number of hydrogen-bond donors (Lipinski definition) is 1. The molecule has 3 heteroatoms. The van der Waals surface area contributed by atoms with Gasteiger partial charge in [0.2, 0.25) is 0 Å². The number of fused-ring (bicyclic) bond motifs is 2. The van der Waals surface area contributed by atoms with E-state index in [4.69, 9.17) is 0 Å². The molecular weight excluding hydrogens is 539 g/mol. The van der Waals surface area contributed by atoms with Crippen LogP contribution in [0.15, 0.2) is 176 Å². The Hall–Kier alpha value is -5.67. The highest BCUT2D eigenvalue weighted by molar-refractivity contribution is 5.93. The van der Waals surface area contributed by atoms with E-state index in [2.05, 4.69) is 95.4 Å². The smallest absolute Gasteiger partial charge is 0.123 e. The number of hydrogen-bond acceptors (Lipinski definition) is 1. The maximum Gasteiger partial charge on any atom is 0.123 e. The summed E-state index contributed by atoms with van der Waals surface area (Å²) in [5, 5.41) is 4.56. The molecule has 0 saturated heterocycles. The molecule has 0 radical (unpaired) electrons. The third-order valence-corrected chi connectivity index (χ3v) is 7.57. The minimum atomic E-state index is -0.244. The van der Waals surface area contributed by atoms with Gasteiger partial charge < -0.3 is 9.88 Å². The van der Waals surface area contributed by atoms with E-state index < -0.39 is 0 Å². The lowest BCUT2D eigenvalue weighted by Crippen LogP contribution is -1.96. The first-order valence-corrected chi connectivity index (χ1v) is 14.7. The fraction of sp³-hybridized carbons (Fsp3) is 0.0244. The van der Waals surface area contributed by atoms with Gasteiger partial charge >= 0.3 is 0 Å². The Morgan fingerprint density at radius 3 is 2.34 bits per heavy atom. The van der Waals surface area contributed by atoms with Crippen molar-refractivity contribution in [2.75, 3.05) is 5.32 Å². The molecular formula is C41H33FN2. The third-order valence-electron chi connectivity index (χ3n) is 7.57. The van der Waals surface area contributed by atoms with Gasteiger partial charge in [-0.3, -0.25) is 0 Å². The average Bonchev–Trinajstić information content (AvgIpc) is 3.41. The summed E-state index contributed by atoms with van der Waals surface area (Å²) in [4.78, 5) is 0. The van der Waals surface area contributed by atoms with Crippen molar-refractivity contribution < 1.29 is 4.39 Å². The van der Waals surface area contributed by atoms with E-state index in [1.165, 1.54) is 12.1 Å². The number of aromatic nitrogens is 1. The van der Waals surface area contributed by atoms with Crippen LogP contribution in [0.2, 0.25) is 0 Å². The standard InChI is InChI=1S/C41H33FN2/c1-3-12-30(13-4-2)32-14-8-5-6-11-25-43-39-23-19-33(27-35(39)26-32)34-20-24-40-36(28-34)29-41(31-17-21-37(42)22-18-31)44(40)38-15-9-7-10-16-38/h3-29,43H,1H2,2H3/b6-5-,13-4-,14-8-,25-11+,30-12+,32-26+. The van der Waals surface area contributed by atoms with Crippen LogP contribution in [0.1, 0.15) is 12.5 Å². The van der Waals surface area contributed by atoms with E-state index in [1.54, 1.807) is 0 Å². The number of para-hydroxylation sites is 1. The third kappa shape index (κ3) is 6.08. The van der Waals surface area contributed by atoms with Gasteiger partial charge in [-0.15, -0.1) is 0 Å². The van der Waals surface area contributed by atoms with Crippen molar-refractivity contribution in [2.24, 2.45) is 0 Å². The zero-order valence-electron chi connectivity index (χ0n) is 24.6. The second-order valence-corrected chi connectivity index (χ2v) is 10.5. The minimum Gasteiger partial charge on any atom is -0.361 e. The molecule has 0 saturated carbocycles. The van der Waals surface area contributed by atoms with Gasteiger partial charge in [0.05, 0.1) is 11.2 Å². The molecule has 1 aliphatic heterocycles. The summed E-state index contributed by atoms with van der Waals surface area (Å²) < 4.78 is 16.0. The second kappa shape index (κ2) is 13.1. The lowest BCUT2D eigenvalue weighted by Gasteiger charge is -2.13. The Labute approximate surface area is 258 Å². The topological polar surface area (TPSA) is 17.0 Å². The zero-order chi connectivity index (χ0) is 30.3. The summed E-state index contributed by atoms with van der Waals surface area (Å²) in [7, 11) is 0. The molecule has 6 rings (SSSR count). The van der Waals surface area contributed by atoms with Crippen LogP contribution in [0.5, 0.6) is 0 Å². The molecule has 4 aromatic carbocycles. The van der Waals surface area contributed by atoms with Gasteiger partial charge in [0.25, 0.3) is 0 Å². The number of anilines is 1. The van der Waals surface area contributed by atoms with Gasteiger partial charge in [0.1, 0.15) is 5.82 Å². The first-order chi connectivity index (χ1) is 21.6. The average molecular weight is 573 g/mol. The molecule has 1 aliphatic rings. The van der Waals surface area contributed by atoms with Crippen molar-refractivity contribution in [3.8, 4) is 28.1 Å². The van der Waals surface area contributed by atoms with E-state index in [1.807, 2.05) is 79.9 Å². The summed E-state index contributed by atoms with van der Waals surface area (Å²) in [6.45, 7) is 5.95. The van der Waals surface area contributed by atoms with Crippen LogP contribution < -0.4 is 5.32 Å². The van der Waals surface area contributed by atoms with Crippen LogP contribution in [-0.4, -0.2) is 4.57 Å². The fourth-order valence-electron chi connectivity index (χ4n) is 5.51. The molecule has 5 aromatic rings. The van der Waals surface area contributed by atoms with Crippen molar-refractivity contribution in [1.82, 2.24) is 4.57 Å². The van der Waals surface area contributed by atoms with Crippen LogP contribution in [0.3, 0.4) is 0 Å². The van der Waals surface area contributed by atoms with Gasteiger partial charge in [0.15, 0.2) is 0 Å². The summed E-state index contributed by atoms with van der Waals surface area (Å²) in [6.07, 6.45) is 22.3. The predicted octanol–water partition coefficient (Wildman–Crippen LogP) is 11.2. The zero-order valence-corrected chi connectivity index (χ0v) is 24.6.